The fourth-order valence-electron chi connectivity index (χ4n) is 1.65. The zero-order valence-corrected chi connectivity index (χ0v) is 12.2. The van der Waals surface area contributed by atoms with Gasteiger partial charge in [0.2, 0.25) is 0 Å². The van der Waals surface area contributed by atoms with Crippen molar-refractivity contribution in [3.05, 3.63) is 0 Å². The van der Waals surface area contributed by atoms with Gasteiger partial charge in [-0.15, -0.1) is 0 Å². The molecule has 0 aliphatic carbocycles. The summed E-state index contributed by atoms with van der Waals surface area (Å²) in [4.78, 5) is 33.4. The molecule has 19 heavy (non-hydrogen) atoms. The first-order valence-electron chi connectivity index (χ1n) is 6.47. The van der Waals surface area contributed by atoms with E-state index in [4.69, 9.17) is 10.2 Å². The standard InChI is InChI=1S/C14H24O5/c1-13(2,11(16)17)8-6-5-7-10(15)9-14(3,4)12(18)19/h5-9H2,1-4H3,(H,16,17)(H,18,19). The minimum atomic E-state index is -1.03. The molecule has 0 radical (unpaired) electrons. The second kappa shape index (κ2) is 6.68. The Balaban J connectivity index is 4.01. The van der Waals surface area contributed by atoms with Crippen molar-refractivity contribution >= 4 is 17.7 Å². The van der Waals surface area contributed by atoms with E-state index >= 15 is 0 Å². The number of Topliss-reactive ketones (excluding diaryl/α,β-unsaturated/α-hetero) is 1. The quantitative estimate of drug-likeness (QED) is 0.630. The molecule has 5 heteroatoms. The molecular formula is C14H24O5. The fourth-order valence-corrected chi connectivity index (χ4v) is 1.65. The molecule has 0 saturated carbocycles. The molecule has 0 heterocycles. The van der Waals surface area contributed by atoms with Crippen molar-refractivity contribution < 1.29 is 24.6 Å². The van der Waals surface area contributed by atoms with Crippen LogP contribution in [0.5, 0.6) is 0 Å². The maximum absolute atomic E-state index is 11.6. The van der Waals surface area contributed by atoms with E-state index in [2.05, 4.69) is 0 Å². The number of hydrogen-bond acceptors (Lipinski definition) is 3. The average molecular weight is 272 g/mol. The van der Waals surface area contributed by atoms with E-state index in [9.17, 15) is 14.4 Å². The van der Waals surface area contributed by atoms with Gasteiger partial charge < -0.3 is 10.2 Å². The summed E-state index contributed by atoms with van der Waals surface area (Å²) in [5.41, 5.74) is -1.80. The Morgan fingerprint density at radius 1 is 0.842 bits per heavy atom. The molecule has 0 aliphatic rings. The molecule has 0 spiro atoms. The number of carboxylic acid groups (broad SMARTS) is 2. The topological polar surface area (TPSA) is 91.7 Å². The number of rotatable bonds is 9. The Kier molecular flexibility index (Phi) is 6.19. The van der Waals surface area contributed by atoms with E-state index in [1.165, 1.54) is 13.8 Å². The van der Waals surface area contributed by atoms with Crippen molar-refractivity contribution in [3.63, 3.8) is 0 Å². The van der Waals surface area contributed by atoms with Crippen molar-refractivity contribution in [1.29, 1.82) is 0 Å². The summed E-state index contributed by atoms with van der Waals surface area (Å²) in [7, 11) is 0. The van der Waals surface area contributed by atoms with E-state index < -0.39 is 22.8 Å². The molecule has 0 aromatic heterocycles. The van der Waals surface area contributed by atoms with Crippen LogP contribution in [0.1, 0.15) is 59.8 Å². The van der Waals surface area contributed by atoms with Crippen LogP contribution < -0.4 is 0 Å². The summed E-state index contributed by atoms with van der Waals surface area (Å²) in [6, 6.07) is 0. The summed E-state index contributed by atoms with van der Waals surface area (Å²) >= 11 is 0. The molecule has 0 unspecified atom stereocenters. The molecule has 0 amide bonds. The van der Waals surface area contributed by atoms with Gasteiger partial charge in [0.25, 0.3) is 0 Å². The van der Waals surface area contributed by atoms with Crippen LogP contribution in [0.3, 0.4) is 0 Å². The first kappa shape index (κ1) is 17.6. The molecule has 0 saturated heterocycles. The van der Waals surface area contributed by atoms with Gasteiger partial charge >= 0.3 is 11.9 Å². The lowest BCUT2D eigenvalue weighted by atomic mass is 9.84. The van der Waals surface area contributed by atoms with E-state index in [1.54, 1.807) is 13.8 Å². The maximum Gasteiger partial charge on any atom is 0.309 e. The van der Waals surface area contributed by atoms with Gasteiger partial charge in [0.1, 0.15) is 5.78 Å². The zero-order valence-electron chi connectivity index (χ0n) is 12.2. The maximum atomic E-state index is 11.6. The predicted molar refractivity (Wildman–Crippen MR) is 70.9 cm³/mol. The highest BCUT2D eigenvalue weighted by Gasteiger charge is 2.30. The first-order valence-corrected chi connectivity index (χ1v) is 6.47. The number of hydrogen-bond donors (Lipinski definition) is 2. The minimum absolute atomic E-state index is 0.0185. The normalized spacial score (nSPS) is 12.2. The third-order valence-corrected chi connectivity index (χ3v) is 3.30. The zero-order chi connectivity index (χ0) is 15.3. The van der Waals surface area contributed by atoms with Crippen molar-refractivity contribution in [2.45, 2.75) is 59.8 Å². The Bertz CT molecular complexity index is 355. The summed E-state index contributed by atoms with van der Waals surface area (Å²) in [5, 5.41) is 17.8. The molecule has 0 atom stereocenters. The number of ketones is 1. The van der Waals surface area contributed by atoms with E-state index in [0.29, 0.717) is 25.7 Å². The molecule has 0 rings (SSSR count). The van der Waals surface area contributed by atoms with E-state index in [1.807, 2.05) is 0 Å². The summed E-state index contributed by atoms with van der Waals surface area (Å²) in [6.45, 7) is 6.37. The number of aliphatic carboxylic acids is 2. The van der Waals surface area contributed by atoms with Gasteiger partial charge in [0.05, 0.1) is 10.8 Å². The Morgan fingerprint density at radius 3 is 1.74 bits per heavy atom. The van der Waals surface area contributed by atoms with Crippen molar-refractivity contribution in [2.75, 3.05) is 0 Å². The van der Waals surface area contributed by atoms with Crippen LogP contribution in [0, 0.1) is 10.8 Å². The van der Waals surface area contributed by atoms with Crippen LogP contribution in [0.25, 0.3) is 0 Å². The molecule has 110 valence electrons. The second-order valence-corrected chi connectivity index (χ2v) is 6.30. The SMILES string of the molecule is CC(C)(CCCCC(=O)CC(C)(C)C(=O)O)C(=O)O. The highest BCUT2D eigenvalue weighted by Crippen LogP contribution is 2.25. The Morgan fingerprint density at radius 2 is 1.32 bits per heavy atom. The van der Waals surface area contributed by atoms with Gasteiger partial charge in [0, 0.05) is 12.8 Å². The highest BCUT2D eigenvalue weighted by molar-refractivity contribution is 5.85. The number of carbonyl (C=O) groups is 3. The fraction of sp³-hybridized carbons (Fsp3) is 0.786. The monoisotopic (exact) mass is 272 g/mol. The third kappa shape index (κ3) is 6.36. The van der Waals surface area contributed by atoms with E-state index in [-0.39, 0.29) is 12.2 Å². The molecule has 0 bridgehead atoms. The number of carbonyl (C=O) groups excluding carboxylic acids is 1. The van der Waals surface area contributed by atoms with Gasteiger partial charge in [-0.3, -0.25) is 14.4 Å². The van der Waals surface area contributed by atoms with Gasteiger partial charge in [-0.1, -0.05) is 6.42 Å². The second-order valence-electron chi connectivity index (χ2n) is 6.30. The molecule has 0 fully saturated rings. The highest BCUT2D eigenvalue weighted by atomic mass is 16.4. The van der Waals surface area contributed by atoms with Crippen LogP contribution in [0.4, 0.5) is 0 Å². The van der Waals surface area contributed by atoms with Crippen LogP contribution >= 0.6 is 0 Å². The third-order valence-electron chi connectivity index (χ3n) is 3.30. The van der Waals surface area contributed by atoms with Crippen LogP contribution in [0.15, 0.2) is 0 Å². The summed E-state index contributed by atoms with van der Waals surface area (Å²) in [6.07, 6.45) is 2.10. The Hall–Kier alpha value is -1.39. The van der Waals surface area contributed by atoms with Gasteiger partial charge in [-0.2, -0.15) is 0 Å². The molecule has 5 nitrogen and oxygen atoms in total. The van der Waals surface area contributed by atoms with Crippen LogP contribution in [0.2, 0.25) is 0 Å². The first-order chi connectivity index (χ1) is 8.49. The molecule has 2 N–H and O–H groups in total. The summed E-state index contributed by atoms with van der Waals surface area (Å²) < 4.78 is 0. The van der Waals surface area contributed by atoms with E-state index in [0.717, 1.165) is 0 Å². The Labute approximate surface area is 114 Å². The lowest BCUT2D eigenvalue weighted by Gasteiger charge is -2.19. The molecular weight excluding hydrogens is 248 g/mol. The minimum Gasteiger partial charge on any atom is -0.481 e. The number of carboxylic acids is 2. The van der Waals surface area contributed by atoms with Gasteiger partial charge in [-0.25, -0.2) is 0 Å². The van der Waals surface area contributed by atoms with Crippen molar-refractivity contribution in [3.8, 4) is 0 Å². The lowest BCUT2D eigenvalue weighted by Crippen LogP contribution is -2.27. The largest absolute Gasteiger partial charge is 0.481 e. The smallest absolute Gasteiger partial charge is 0.309 e. The van der Waals surface area contributed by atoms with Gasteiger partial charge in [-0.05, 0) is 40.5 Å². The molecule has 0 aromatic carbocycles. The molecule has 0 aliphatic heterocycles. The average Bonchev–Trinajstić information content (AvgIpc) is 2.23. The molecule has 0 aromatic rings. The van der Waals surface area contributed by atoms with Gasteiger partial charge in [0.15, 0.2) is 0 Å². The summed E-state index contributed by atoms with van der Waals surface area (Å²) in [5.74, 6) is -1.90. The van der Waals surface area contributed by atoms with Crippen LogP contribution in [-0.4, -0.2) is 27.9 Å². The predicted octanol–water partition coefficient (Wildman–Crippen LogP) is 2.73. The van der Waals surface area contributed by atoms with Crippen LogP contribution in [-0.2, 0) is 14.4 Å². The van der Waals surface area contributed by atoms with Crippen molar-refractivity contribution in [2.24, 2.45) is 10.8 Å². The van der Waals surface area contributed by atoms with Crippen molar-refractivity contribution in [1.82, 2.24) is 0 Å². The number of unbranched alkanes of at least 4 members (excludes halogenated alkanes) is 1. The lowest BCUT2D eigenvalue weighted by molar-refractivity contribution is -0.149.